The van der Waals surface area contributed by atoms with E-state index in [1.807, 2.05) is 11.8 Å². The molecule has 2 rings (SSSR count). The molecule has 0 radical (unpaired) electrons. The molecule has 1 amide bonds. The Morgan fingerprint density at radius 3 is 2.79 bits per heavy atom. The molecule has 0 unspecified atom stereocenters. The van der Waals surface area contributed by atoms with Gasteiger partial charge in [-0.3, -0.25) is 4.79 Å². The van der Waals surface area contributed by atoms with E-state index >= 15 is 0 Å². The monoisotopic (exact) mass is 323 g/mol. The number of hydrogen-bond acceptors (Lipinski definition) is 1. The zero-order valence-electron chi connectivity index (χ0n) is 12.0. The minimum absolute atomic E-state index is 0.120. The van der Waals surface area contributed by atoms with Gasteiger partial charge in [-0.25, -0.2) is 0 Å². The number of fused-ring (bicyclic) bond motifs is 1. The molecule has 1 heterocycles. The molecule has 0 aliphatic carbocycles. The van der Waals surface area contributed by atoms with Crippen molar-refractivity contribution in [3.8, 4) is 0 Å². The van der Waals surface area contributed by atoms with Crippen LogP contribution in [0, 0.1) is 0 Å². The molecular weight excluding hydrogens is 302 g/mol. The number of hydrogen-bond donors (Lipinski definition) is 0. The molecule has 104 valence electrons. The third kappa shape index (κ3) is 3.59. The molecule has 0 spiro atoms. The summed E-state index contributed by atoms with van der Waals surface area (Å²) >= 11 is 3.69. The highest BCUT2D eigenvalue weighted by molar-refractivity contribution is 9.10. The van der Waals surface area contributed by atoms with Crippen LogP contribution in [0.1, 0.15) is 44.7 Å². The number of benzene rings is 1. The van der Waals surface area contributed by atoms with E-state index in [1.165, 1.54) is 11.1 Å². The summed E-state index contributed by atoms with van der Waals surface area (Å²) in [7, 11) is 0. The molecular formula is C16H22BrNO. The second-order valence-electron chi connectivity index (χ2n) is 5.86. The number of halogens is 1. The Bertz CT molecular complexity index is 476. The number of nitrogens with zero attached hydrogens (tertiary/aromatic N) is 1. The van der Waals surface area contributed by atoms with Crippen molar-refractivity contribution >= 4 is 27.5 Å². The molecule has 0 saturated carbocycles. The van der Waals surface area contributed by atoms with Crippen LogP contribution in [-0.4, -0.2) is 16.8 Å². The van der Waals surface area contributed by atoms with Crippen molar-refractivity contribution in [2.45, 2.75) is 50.8 Å². The summed E-state index contributed by atoms with van der Waals surface area (Å²) in [6.07, 6.45) is 3.73. The standard InChI is InChI=1S/C16H22BrNO/c1-4-15(19)18-9-5-6-13-10-12(7-8-14(13)18)11-16(2,3)17/h7-8,10H,4-6,9,11H2,1-3H3. The van der Waals surface area contributed by atoms with Crippen molar-refractivity contribution in [3.05, 3.63) is 29.3 Å². The van der Waals surface area contributed by atoms with Gasteiger partial charge in [-0.05, 0) is 50.3 Å². The average molecular weight is 324 g/mol. The second-order valence-corrected chi connectivity index (χ2v) is 8.01. The normalized spacial score (nSPS) is 15.3. The predicted molar refractivity (Wildman–Crippen MR) is 84.1 cm³/mol. The van der Waals surface area contributed by atoms with E-state index in [-0.39, 0.29) is 10.2 Å². The maximum atomic E-state index is 12.0. The molecule has 1 aliphatic rings. The highest BCUT2D eigenvalue weighted by Gasteiger charge is 2.22. The minimum atomic E-state index is 0.120. The number of carbonyl (C=O) groups is 1. The zero-order chi connectivity index (χ0) is 14.0. The van der Waals surface area contributed by atoms with Gasteiger partial charge in [0.15, 0.2) is 0 Å². The Morgan fingerprint density at radius 2 is 2.16 bits per heavy atom. The lowest BCUT2D eigenvalue weighted by Gasteiger charge is -2.30. The summed E-state index contributed by atoms with van der Waals surface area (Å²) in [5.41, 5.74) is 3.78. The highest BCUT2D eigenvalue weighted by atomic mass is 79.9. The van der Waals surface area contributed by atoms with Gasteiger partial charge in [0.25, 0.3) is 0 Å². The van der Waals surface area contributed by atoms with E-state index < -0.39 is 0 Å². The van der Waals surface area contributed by atoms with Crippen LogP contribution >= 0.6 is 15.9 Å². The van der Waals surface area contributed by atoms with Gasteiger partial charge in [0.05, 0.1) is 0 Å². The molecule has 0 atom stereocenters. The number of amides is 1. The molecule has 1 aliphatic heterocycles. The van der Waals surface area contributed by atoms with Crippen LogP contribution in [0.2, 0.25) is 0 Å². The molecule has 0 N–H and O–H groups in total. The highest BCUT2D eigenvalue weighted by Crippen LogP contribution is 2.30. The van der Waals surface area contributed by atoms with Crippen LogP contribution < -0.4 is 4.90 Å². The smallest absolute Gasteiger partial charge is 0.226 e. The van der Waals surface area contributed by atoms with Gasteiger partial charge >= 0.3 is 0 Å². The van der Waals surface area contributed by atoms with Crippen molar-refractivity contribution in [3.63, 3.8) is 0 Å². The predicted octanol–water partition coefficient (Wildman–Crippen LogP) is 4.09. The largest absolute Gasteiger partial charge is 0.312 e. The van der Waals surface area contributed by atoms with E-state index in [4.69, 9.17) is 0 Å². The van der Waals surface area contributed by atoms with Gasteiger partial charge in [0, 0.05) is 23.0 Å². The number of aryl methyl sites for hydroxylation is 1. The Labute approximate surface area is 124 Å². The van der Waals surface area contributed by atoms with Crippen molar-refractivity contribution in [2.75, 3.05) is 11.4 Å². The summed E-state index contributed by atoms with van der Waals surface area (Å²) in [5, 5.41) is 0. The first kappa shape index (κ1) is 14.6. The molecule has 0 aromatic heterocycles. The van der Waals surface area contributed by atoms with Crippen LogP contribution in [-0.2, 0) is 17.6 Å². The molecule has 1 aromatic rings. The quantitative estimate of drug-likeness (QED) is 0.767. The maximum Gasteiger partial charge on any atom is 0.226 e. The van der Waals surface area contributed by atoms with Gasteiger partial charge < -0.3 is 4.90 Å². The van der Waals surface area contributed by atoms with Gasteiger partial charge in [0.1, 0.15) is 0 Å². The summed E-state index contributed by atoms with van der Waals surface area (Å²) in [4.78, 5) is 13.9. The lowest BCUT2D eigenvalue weighted by molar-refractivity contribution is -0.118. The topological polar surface area (TPSA) is 20.3 Å². The van der Waals surface area contributed by atoms with E-state index in [2.05, 4.69) is 48.0 Å². The van der Waals surface area contributed by atoms with E-state index in [0.29, 0.717) is 6.42 Å². The first-order chi connectivity index (χ1) is 8.90. The average Bonchev–Trinajstić information content (AvgIpc) is 2.35. The molecule has 1 aromatic carbocycles. The van der Waals surface area contributed by atoms with E-state index in [1.54, 1.807) is 0 Å². The van der Waals surface area contributed by atoms with Crippen LogP contribution in [0.15, 0.2) is 18.2 Å². The molecule has 19 heavy (non-hydrogen) atoms. The SMILES string of the molecule is CCC(=O)N1CCCc2cc(CC(C)(C)Br)ccc21. The van der Waals surface area contributed by atoms with Gasteiger partial charge in [0.2, 0.25) is 5.91 Å². The fraction of sp³-hybridized carbons (Fsp3) is 0.562. The fourth-order valence-electron chi connectivity index (χ4n) is 2.70. The van der Waals surface area contributed by atoms with Gasteiger partial charge in [-0.1, -0.05) is 35.0 Å². The van der Waals surface area contributed by atoms with Crippen molar-refractivity contribution in [2.24, 2.45) is 0 Å². The van der Waals surface area contributed by atoms with Crippen molar-refractivity contribution < 1.29 is 4.79 Å². The third-order valence-corrected chi connectivity index (χ3v) is 3.77. The minimum Gasteiger partial charge on any atom is -0.312 e. The molecule has 0 bridgehead atoms. The Balaban J connectivity index is 2.28. The number of rotatable bonds is 3. The molecule has 2 nitrogen and oxygen atoms in total. The maximum absolute atomic E-state index is 12.0. The van der Waals surface area contributed by atoms with E-state index in [9.17, 15) is 4.79 Å². The van der Waals surface area contributed by atoms with E-state index in [0.717, 1.165) is 31.5 Å². The van der Waals surface area contributed by atoms with Gasteiger partial charge in [-0.15, -0.1) is 0 Å². The summed E-state index contributed by atoms with van der Waals surface area (Å²) in [6.45, 7) is 7.15. The van der Waals surface area contributed by atoms with Crippen LogP contribution in [0.4, 0.5) is 5.69 Å². The van der Waals surface area contributed by atoms with Crippen LogP contribution in [0.25, 0.3) is 0 Å². The third-order valence-electron chi connectivity index (χ3n) is 3.49. The summed E-state index contributed by atoms with van der Waals surface area (Å²) < 4.78 is 0.120. The molecule has 3 heteroatoms. The summed E-state index contributed by atoms with van der Waals surface area (Å²) in [5.74, 6) is 0.231. The lowest BCUT2D eigenvalue weighted by Crippen LogP contribution is -2.35. The molecule has 0 saturated heterocycles. The first-order valence-corrected chi connectivity index (χ1v) is 7.81. The second kappa shape index (κ2) is 5.66. The number of carbonyl (C=O) groups excluding carboxylic acids is 1. The van der Waals surface area contributed by atoms with Crippen molar-refractivity contribution in [1.29, 1.82) is 0 Å². The summed E-state index contributed by atoms with van der Waals surface area (Å²) in [6, 6.07) is 6.55. The number of anilines is 1. The first-order valence-electron chi connectivity index (χ1n) is 7.02. The van der Waals surface area contributed by atoms with Crippen LogP contribution in [0.5, 0.6) is 0 Å². The lowest BCUT2D eigenvalue weighted by atomic mass is 9.95. The number of alkyl halides is 1. The Kier molecular flexibility index (Phi) is 4.34. The Hall–Kier alpha value is -0.830. The zero-order valence-corrected chi connectivity index (χ0v) is 13.6. The van der Waals surface area contributed by atoms with Crippen LogP contribution in [0.3, 0.4) is 0 Å². The van der Waals surface area contributed by atoms with Gasteiger partial charge in [-0.2, -0.15) is 0 Å². The fourth-order valence-corrected chi connectivity index (χ4v) is 3.02. The molecule has 0 fully saturated rings. The van der Waals surface area contributed by atoms with Crippen molar-refractivity contribution in [1.82, 2.24) is 0 Å². The Morgan fingerprint density at radius 1 is 1.42 bits per heavy atom.